The van der Waals surface area contributed by atoms with Gasteiger partial charge in [0.25, 0.3) is 5.91 Å². The number of hydrogen-bond acceptors (Lipinski definition) is 4. The minimum Gasteiger partial charge on any atom is -0.487 e. The molecule has 1 unspecified atom stereocenters. The van der Waals surface area contributed by atoms with E-state index < -0.39 is 6.04 Å². The van der Waals surface area contributed by atoms with Crippen molar-refractivity contribution in [3.8, 4) is 5.75 Å². The fraction of sp³-hybridized carbons (Fsp3) is 0.143. The zero-order chi connectivity index (χ0) is 20.8. The van der Waals surface area contributed by atoms with Gasteiger partial charge in [0, 0.05) is 5.69 Å². The van der Waals surface area contributed by atoms with E-state index in [0.29, 0.717) is 26.9 Å². The summed E-state index contributed by atoms with van der Waals surface area (Å²) in [6.07, 6.45) is 0. The summed E-state index contributed by atoms with van der Waals surface area (Å²) in [5.74, 6) is -0.607. The Morgan fingerprint density at radius 1 is 1.17 bits per heavy atom. The number of ether oxygens (including phenoxy) is 1. The van der Waals surface area contributed by atoms with E-state index in [-0.39, 0.29) is 24.2 Å². The van der Waals surface area contributed by atoms with Crippen molar-refractivity contribution in [2.75, 3.05) is 5.32 Å². The summed E-state index contributed by atoms with van der Waals surface area (Å²) in [6, 6.07) is 13.6. The number of halogens is 2. The van der Waals surface area contributed by atoms with E-state index in [1.807, 2.05) is 0 Å². The fourth-order valence-corrected chi connectivity index (χ4v) is 3.34. The summed E-state index contributed by atoms with van der Waals surface area (Å²) in [6.45, 7) is 1.76. The summed E-state index contributed by atoms with van der Waals surface area (Å²) in [4.78, 5) is 24.9. The smallest absolute Gasteiger partial charge is 0.261 e. The third-order valence-corrected chi connectivity index (χ3v) is 5.13. The Morgan fingerprint density at radius 3 is 2.69 bits per heavy atom. The second kappa shape index (κ2) is 9.54. The first kappa shape index (κ1) is 20.8. The third-order valence-electron chi connectivity index (χ3n) is 3.97. The number of thiophene rings is 1. The van der Waals surface area contributed by atoms with Crippen molar-refractivity contribution in [1.82, 2.24) is 5.32 Å². The molecule has 1 heterocycles. The predicted molar refractivity (Wildman–Crippen MR) is 112 cm³/mol. The highest BCUT2D eigenvalue weighted by Gasteiger charge is 2.17. The van der Waals surface area contributed by atoms with Crippen LogP contribution in [-0.2, 0) is 11.4 Å². The van der Waals surface area contributed by atoms with Crippen LogP contribution in [0.15, 0.2) is 60.0 Å². The van der Waals surface area contributed by atoms with E-state index in [0.717, 1.165) is 0 Å². The van der Waals surface area contributed by atoms with Gasteiger partial charge >= 0.3 is 0 Å². The largest absolute Gasteiger partial charge is 0.487 e. The quantitative estimate of drug-likeness (QED) is 0.559. The second-order valence-electron chi connectivity index (χ2n) is 6.23. The van der Waals surface area contributed by atoms with E-state index in [9.17, 15) is 14.0 Å². The van der Waals surface area contributed by atoms with Crippen molar-refractivity contribution in [3.63, 3.8) is 0 Å². The minimum atomic E-state index is -0.729. The second-order valence-corrected chi connectivity index (χ2v) is 7.58. The Labute approximate surface area is 176 Å². The first-order valence-corrected chi connectivity index (χ1v) is 10.00. The molecule has 0 aliphatic heterocycles. The minimum absolute atomic E-state index is 0.162. The molecule has 3 rings (SSSR count). The van der Waals surface area contributed by atoms with Gasteiger partial charge in [-0.3, -0.25) is 9.59 Å². The van der Waals surface area contributed by atoms with Gasteiger partial charge in [-0.1, -0.05) is 29.8 Å². The summed E-state index contributed by atoms with van der Waals surface area (Å²) in [5.41, 5.74) is 1.14. The van der Waals surface area contributed by atoms with Crippen LogP contribution >= 0.6 is 22.9 Å². The molecule has 8 heteroatoms. The Balaban J connectivity index is 1.56. The van der Waals surface area contributed by atoms with E-state index >= 15 is 0 Å². The molecule has 2 aromatic carbocycles. The van der Waals surface area contributed by atoms with Gasteiger partial charge in [0.1, 0.15) is 24.2 Å². The first-order chi connectivity index (χ1) is 13.9. The van der Waals surface area contributed by atoms with Crippen LogP contribution in [0.2, 0.25) is 5.02 Å². The van der Waals surface area contributed by atoms with Crippen molar-refractivity contribution < 1.29 is 18.7 Å². The molecule has 0 fully saturated rings. The summed E-state index contributed by atoms with van der Waals surface area (Å²) < 4.78 is 18.8. The molecule has 0 radical (unpaired) electrons. The molecule has 1 atom stereocenters. The van der Waals surface area contributed by atoms with Crippen molar-refractivity contribution in [2.24, 2.45) is 0 Å². The molecule has 0 aliphatic carbocycles. The molecule has 0 aliphatic rings. The lowest BCUT2D eigenvalue weighted by Crippen LogP contribution is -2.41. The monoisotopic (exact) mass is 432 g/mol. The number of carbonyl (C=O) groups excluding carboxylic acids is 2. The van der Waals surface area contributed by atoms with Crippen LogP contribution in [0.1, 0.15) is 22.2 Å². The maximum absolute atomic E-state index is 13.2. The van der Waals surface area contributed by atoms with Crippen LogP contribution in [0.3, 0.4) is 0 Å². The predicted octanol–water partition coefficient (Wildman–Crippen LogP) is 4.88. The van der Waals surface area contributed by atoms with Crippen molar-refractivity contribution in [1.29, 1.82) is 0 Å². The Morgan fingerprint density at radius 2 is 2.00 bits per heavy atom. The molecular formula is C21H18ClFN2O3S. The average molecular weight is 433 g/mol. The topological polar surface area (TPSA) is 67.4 Å². The van der Waals surface area contributed by atoms with E-state index in [1.54, 1.807) is 54.8 Å². The molecule has 0 saturated carbocycles. The highest BCUT2D eigenvalue weighted by molar-refractivity contribution is 7.12. The summed E-state index contributed by atoms with van der Waals surface area (Å²) >= 11 is 7.52. The Bertz CT molecular complexity index is 1010. The molecule has 3 aromatic rings. The zero-order valence-electron chi connectivity index (χ0n) is 15.4. The summed E-state index contributed by atoms with van der Waals surface area (Å²) in [5, 5.41) is 7.44. The number of carbonyl (C=O) groups is 2. The van der Waals surface area contributed by atoms with E-state index in [1.165, 1.54) is 23.5 Å². The lowest BCUT2D eigenvalue weighted by molar-refractivity contribution is -0.117. The molecule has 29 heavy (non-hydrogen) atoms. The number of amides is 2. The lowest BCUT2D eigenvalue weighted by Gasteiger charge is -2.15. The van der Waals surface area contributed by atoms with Gasteiger partial charge in [0.05, 0.1) is 9.90 Å². The van der Waals surface area contributed by atoms with Gasteiger partial charge in [-0.15, -0.1) is 11.3 Å². The highest BCUT2D eigenvalue weighted by atomic mass is 35.5. The highest BCUT2D eigenvalue weighted by Crippen LogP contribution is 2.28. The molecule has 1 aromatic heterocycles. The Hall–Kier alpha value is -2.90. The maximum atomic E-state index is 13.2. The van der Waals surface area contributed by atoms with Crippen LogP contribution in [-0.4, -0.2) is 17.9 Å². The van der Waals surface area contributed by atoms with Crippen LogP contribution < -0.4 is 15.4 Å². The van der Waals surface area contributed by atoms with Crippen LogP contribution in [0, 0.1) is 5.82 Å². The van der Waals surface area contributed by atoms with Gasteiger partial charge in [0.15, 0.2) is 0 Å². The van der Waals surface area contributed by atoms with Gasteiger partial charge in [0.2, 0.25) is 5.91 Å². The van der Waals surface area contributed by atoms with Gasteiger partial charge in [-0.05, 0) is 54.3 Å². The maximum Gasteiger partial charge on any atom is 0.261 e. The van der Waals surface area contributed by atoms with Gasteiger partial charge in [-0.2, -0.15) is 0 Å². The van der Waals surface area contributed by atoms with Crippen LogP contribution in [0.4, 0.5) is 10.1 Å². The first-order valence-electron chi connectivity index (χ1n) is 8.74. The van der Waals surface area contributed by atoms with Crippen LogP contribution in [0.5, 0.6) is 5.75 Å². The van der Waals surface area contributed by atoms with Crippen molar-refractivity contribution in [2.45, 2.75) is 19.6 Å². The lowest BCUT2D eigenvalue weighted by atomic mass is 10.2. The number of anilines is 1. The standard InChI is InChI=1S/C21H18ClFN2O3S/c1-13(24-21(27)19-6-3-9-29-19)20(26)25-16-7-8-18(17(22)11-16)28-12-14-4-2-5-15(23)10-14/h2-11,13H,12H2,1H3,(H,24,27)(H,25,26). The molecule has 0 bridgehead atoms. The third kappa shape index (κ3) is 5.79. The van der Waals surface area contributed by atoms with E-state index in [2.05, 4.69) is 10.6 Å². The SMILES string of the molecule is CC(NC(=O)c1cccs1)C(=O)Nc1ccc(OCc2cccc(F)c2)c(Cl)c1. The average Bonchev–Trinajstić information content (AvgIpc) is 3.22. The molecule has 150 valence electrons. The zero-order valence-corrected chi connectivity index (χ0v) is 17.0. The number of benzene rings is 2. The molecule has 0 spiro atoms. The van der Waals surface area contributed by atoms with E-state index in [4.69, 9.17) is 16.3 Å². The molecule has 0 saturated heterocycles. The van der Waals surface area contributed by atoms with Crippen LogP contribution in [0.25, 0.3) is 0 Å². The molecule has 5 nitrogen and oxygen atoms in total. The molecular weight excluding hydrogens is 415 g/mol. The van der Waals surface area contributed by atoms with Gasteiger partial charge in [-0.25, -0.2) is 4.39 Å². The normalized spacial score (nSPS) is 11.6. The summed E-state index contributed by atoms with van der Waals surface area (Å²) in [7, 11) is 0. The Kier molecular flexibility index (Phi) is 6.85. The number of nitrogens with one attached hydrogen (secondary N) is 2. The fourth-order valence-electron chi connectivity index (χ4n) is 2.48. The number of hydrogen-bond donors (Lipinski definition) is 2. The van der Waals surface area contributed by atoms with Crippen molar-refractivity contribution >= 4 is 40.4 Å². The molecule has 2 N–H and O–H groups in total. The molecule has 2 amide bonds. The van der Waals surface area contributed by atoms with Gasteiger partial charge < -0.3 is 15.4 Å². The van der Waals surface area contributed by atoms with Crippen molar-refractivity contribution in [3.05, 3.63) is 81.3 Å². The number of rotatable bonds is 7.